The number of hydrogen-bond acceptors (Lipinski definition) is 7. The van der Waals surface area contributed by atoms with Crippen LogP contribution in [0.3, 0.4) is 0 Å². The fraction of sp³-hybridized carbons (Fsp3) is 0.0870. The molecule has 4 rings (SSSR count). The number of aromatic hydroxyl groups is 1. The maximum atomic E-state index is 12.6. The molecule has 7 nitrogen and oxygen atoms in total. The zero-order valence-corrected chi connectivity index (χ0v) is 16.1. The molecule has 1 aliphatic carbocycles. The van der Waals surface area contributed by atoms with Crippen molar-refractivity contribution in [2.45, 2.75) is 0 Å². The first-order valence-corrected chi connectivity index (χ1v) is 8.93. The molecule has 0 saturated carbocycles. The van der Waals surface area contributed by atoms with Gasteiger partial charge in [0.25, 0.3) is 0 Å². The zero-order chi connectivity index (χ0) is 21.4. The van der Waals surface area contributed by atoms with Gasteiger partial charge in [0.15, 0.2) is 5.43 Å². The van der Waals surface area contributed by atoms with Gasteiger partial charge in [-0.2, -0.15) is 0 Å². The van der Waals surface area contributed by atoms with Crippen molar-refractivity contribution < 1.29 is 28.6 Å². The van der Waals surface area contributed by atoms with Crippen molar-refractivity contribution in [1.29, 1.82) is 0 Å². The predicted octanol–water partition coefficient (Wildman–Crippen LogP) is 3.84. The summed E-state index contributed by atoms with van der Waals surface area (Å²) in [7, 11) is 2.50. The quantitative estimate of drug-likeness (QED) is 0.409. The van der Waals surface area contributed by atoms with Crippen LogP contribution in [-0.2, 0) is 9.47 Å². The number of phenolic OH excluding ortho intramolecular Hbond substituents is 1. The molecule has 0 fully saturated rings. The minimum atomic E-state index is -0.642. The SMILES string of the molecule is COC(=O)c1ccc(-c2c3ccc(=O)cc-3oc3cc(O)ccc23)c(C(=O)OC)c1. The van der Waals surface area contributed by atoms with Crippen LogP contribution in [0.25, 0.3) is 33.4 Å². The van der Waals surface area contributed by atoms with Gasteiger partial charge in [-0.25, -0.2) is 9.59 Å². The van der Waals surface area contributed by atoms with E-state index in [0.717, 1.165) is 0 Å². The second-order valence-electron chi connectivity index (χ2n) is 6.56. The Labute approximate surface area is 170 Å². The lowest BCUT2D eigenvalue weighted by Crippen LogP contribution is -2.09. The largest absolute Gasteiger partial charge is 0.508 e. The Morgan fingerprint density at radius 2 is 1.60 bits per heavy atom. The number of ether oxygens (including phenoxy) is 2. The highest BCUT2D eigenvalue weighted by atomic mass is 16.5. The van der Waals surface area contributed by atoms with E-state index in [1.807, 2.05) is 0 Å². The predicted molar refractivity (Wildman–Crippen MR) is 109 cm³/mol. The molecule has 0 bridgehead atoms. The second-order valence-corrected chi connectivity index (χ2v) is 6.56. The van der Waals surface area contributed by atoms with Crippen molar-refractivity contribution >= 4 is 22.9 Å². The first kappa shape index (κ1) is 19.2. The van der Waals surface area contributed by atoms with Gasteiger partial charge in [-0.3, -0.25) is 4.79 Å². The molecular formula is C23H16O7. The summed E-state index contributed by atoms with van der Waals surface area (Å²) in [6.45, 7) is 0. The monoisotopic (exact) mass is 404 g/mol. The van der Waals surface area contributed by atoms with E-state index in [9.17, 15) is 19.5 Å². The summed E-state index contributed by atoms with van der Waals surface area (Å²) in [5, 5.41) is 10.5. The van der Waals surface area contributed by atoms with Crippen LogP contribution in [0, 0.1) is 0 Å². The fourth-order valence-electron chi connectivity index (χ4n) is 3.44. The minimum Gasteiger partial charge on any atom is -0.508 e. The van der Waals surface area contributed by atoms with Crippen LogP contribution in [0.15, 0.2) is 63.8 Å². The highest BCUT2D eigenvalue weighted by Gasteiger charge is 2.23. The Bertz CT molecular complexity index is 1330. The molecule has 150 valence electrons. The van der Waals surface area contributed by atoms with Gasteiger partial charge in [-0.1, -0.05) is 6.07 Å². The molecule has 0 saturated heterocycles. The minimum absolute atomic E-state index is 0.0101. The van der Waals surface area contributed by atoms with E-state index in [1.54, 1.807) is 18.2 Å². The molecular weight excluding hydrogens is 388 g/mol. The van der Waals surface area contributed by atoms with Crippen molar-refractivity contribution in [2.75, 3.05) is 14.2 Å². The summed E-state index contributed by atoms with van der Waals surface area (Å²) in [5.41, 5.74) is 2.09. The average Bonchev–Trinajstić information content (AvgIpc) is 2.75. The number of carbonyl (C=O) groups is 2. The Morgan fingerprint density at radius 3 is 2.33 bits per heavy atom. The van der Waals surface area contributed by atoms with E-state index in [-0.39, 0.29) is 22.3 Å². The maximum Gasteiger partial charge on any atom is 0.338 e. The summed E-state index contributed by atoms with van der Waals surface area (Å²) in [4.78, 5) is 36.4. The molecule has 2 aromatic rings. The molecule has 2 aliphatic rings. The molecule has 7 heteroatoms. The fourth-order valence-corrected chi connectivity index (χ4v) is 3.44. The third-order valence-electron chi connectivity index (χ3n) is 4.79. The molecule has 0 spiro atoms. The van der Waals surface area contributed by atoms with E-state index in [1.165, 1.54) is 50.6 Å². The molecule has 30 heavy (non-hydrogen) atoms. The van der Waals surface area contributed by atoms with Gasteiger partial charge in [0.1, 0.15) is 17.1 Å². The van der Waals surface area contributed by atoms with Gasteiger partial charge < -0.3 is 19.0 Å². The van der Waals surface area contributed by atoms with Crippen molar-refractivity contribution in [3.8, 4) is 28.2 Å². The molecule has 2 aromatic carbocycles. The normalized spacial score (nSPS) is 10.9. The lowest BCUT2D eigenvalue weighted by molar-refractivity contribution is 0.0600. The maximum absolute atomic E-state index is 12.6. The molecule has 0 aromatic heterocycles. The summed E-state index contributed by atoms with van der Waals surface area (Å²) in [5.74, 6) is -0.949. The van der Waals surface area contributed by atoms with Crippen LogP contribution >= 0.6 is 0 Å². The Kier molecular flexibility index (Phi) is 4.71. The molecule has 0 amide bonds. The van der Waals surface area contributed by atoms with Gasteiger partial charge >= 0.3 is 11.9 Å². The molecule has 0 unspecified atom stereocenters. The summed E-state index contributed by atoms with van der Waals surface area (Å²) < 4.78 is 15.5. The van der Waals surface area contributed by atoms with Gasteiger partial charge in [-0.15, -0.1) is 0 Å². The Hall–Kier alpha value is -4.13. The highest BCUT2D eigenvalue weighted by molar-refractivity contribution is 6.09. The Morgan fingerprint density at radius 1 is 0.867 bits per heavy atom. The van der Waals surface area contributed by atoms with E-state index in [2.05, 4.69) is 0 Å². The highest BCUT2D eigenvalue weighted by Crippen LogP contribution is 2.42. The smallest absolute Gasteiger partial charge is 0.338 e. The number of phenols is 1. The average molecular weight is 404 g/mol. The van der Waals surface area contributed by atoms with Gasteiger partial charge in [0.2, 0.25) is 0 Å². The number of fused-ring (bicyclic) bond motifs is 2. The number of esters is 2. The van der Waals surface area contributed by atoms with Crippen LogP contribution in [0.5, 0.6) is 5.75 Å². The molecule has 1 aliphatic heterocycles. The van der Waals surface area contributed by atoms with Crippen molar-refractivity contribution in [2.24, 2.45) is 0 Å². The van der Waals surface area contributed by atoms with Crippen molar-refractivity contribution in [3.63, 3.8) is 0 Å². The first-order valence-electron chi connectivity index (χ1n) is 8.93. The number of rotatable bonds is 3. The Balaban J connectivity index is 2.13. The lowest BCUT2D eigenvalue weighted by Gasteiger charge is -2.17. The van der Waals surface area contributed by atoms with E-state index in [4.69, 9.17) is 13.9 Å². The third kappa shape index (κ3) is 3.16. The van der Waals surface area contributed by atoms with Crippen LogP contribution in [0.2, 0.25) is 0 Å². The lowest BCUT2D eigenvalue weighted by atomic mass is 9.90. The number of carbonyl (C=O) groups excluding carboxylic acids is 2. The molecule has 0 atom stereocenters. The third-order valence-corrected chi connectivity index (χ3v) is 4.79. The van der Waals surface area contributed by atoms with Gasteiger partial charge in [0.05, 0.1) is 25.3 Å². The summed E-state index contributed by atoms with van der Waals surface area (Å²) in [6, 6.07) is 13.5. The van der Waals surface area contributed by atoms with E-state index in [0.29, 0.717) is 33.4 Å². The standard InChI is InChI=1S/C23H16O7/c1-28-22(26)12-3-6-15(18(9-12)23(27)29-2)21-16-7-4-13(24)10-19(16)30-20-11-14(25)5-8-17(20)21/h3-11,24H,1-2H3. The second kappa shape index (κ2) is 7.36. The molecule has 0 radical (unpaired) electrons. The zero-order valence-electron chi connectivity index (χ0n) is 16.1. The van der Waals surface area contributed by atoms with Gasteiger partial charge in [-0.05, 0) is 42.0 Å². The molecule has 1 N–H and O–H groups in total. The van der Waals surface area contributed by atoms with Crippen LogP contribution < -0.4 is 5.43 Å². The van der Waals surface area contributed by atoms with Crippen LogP contribution in [0.4, 0.5) is 0 Å². The van der Waals surface area contributed by atoms with Crippen LogP contribution in [-0.4, -0.2) is 31.3 Å². The van der Waals surface area contributed by atoms with E-state index < -0.39 is 11.9 Å². The van der Waals surface area contributed by atoms with Gasteiger partial charge in [0, 0.05) is 28.6 Å². The summed E-state index contributed by atoms with van der Waals surface area (Å²) >= 11 is 0. The first-order chi connectivity index (χ1) is 14.4. The molecule has 1 heterocycles. The van der Waals surface area contributed by atoms with Crippen molar-refractivity contribution in [1.82, 2.24) is 0 Å². The number of methoxy groups -OCH3 is 2. The number of benzene rings is 3. The van der Waals surface area contributed by atoms with E-state index >= 15 is 0 Å². The van der Waals surface area contributed by atoms with Crippen molar-refractivity contribution in [3.05, 3.63) is 75.9 Å². The topological polar surface area (TPSA) is 103 Å². The number of hydrogen-bond donors (Lipinski definition) is 1. The summed E-state index contributed by atoms with van der Waals surface area (Å²) in [6.07, 6.45) is 0. The van der Waals surface area contributed by atoms with Crippen LogP contribution in [0.1, 0.15) is 20.7 Å².